The second-order valence-corrected chi connectivity index (χ2v) is 5.39. The number of pyridine rings is 1. The zero-order chi connectivity index (χ0) is 14.5. The Hall–Kier alpha value is -1.71. The number of hydrogen-bond donors (Lipinski definition) is 1. The predicted octanol–water partition coefficient (Wildman–Crippen LogP) is 2.86. The molecule has 0 aliphatic rings. The highest BCUT2D eigenvalue weighted by Gasteiger charge is 2.13. The third-order valence-corrected chi connectivity index (χ3v) is 3.43. The third kappa shape index (κ3) is 3.89. The highest BCUT2D eigenvalue weighted by Crippen LogP contribution is 2.20. The molecular formula is C17H22N2O. The standard InChI is InChI=1S/C17H22N2O/c1-13-7-8-16(14(2)10-13)17(20)12-19(3)11-15-6-4-5-9-18-15/h4-10,17,20H,11-12H2,1-3H3. The number of aromatic nitrogens is 1. The SMILES string of the molecule is Cc1ccc(C(O)CN(C)Cc2ccccn2)c(C)c1. The van der Waals surface area contributed by atoms with E-state index in [9.17, 15) is 5.11 Å². The minimum atomic E-state index is -0.468. The summed E-state index contributed by atoms with van der Waals surface area (Å²) >= 11 is 0. The molecule has 1 unspecified atom stereocenters. The van der Waals surface area contributed by atoms with Crippen molar-refractivity contribution in [2.45, 2.75) is 26.5 Å². The lowest BCUT2D eigenvalue weighted by molar-refractivity contribution is 0.122. The number of likely N-dealkylation sites (N-methyl/N-ethyl adjacent to an activating group) is 1. The quantitative estimate of drug-likeness (QED) is 0.907. The molecule has 3 heteroatoms. The van der Waals surface area contributed by atoms with Gasteiger partial charge in [0.2, 0.25) is 0 Å². The van der Waals surface area contributed by atoms with Crippen LogP contribution in [0.2, 0.25) is 0 Å². The number of aliphatic hydroxyl groups excluding tert-OH is 1. The monoisotopic (exact) mass is 270 g/mol. The van der Waals surface area contributed by atoms with Crippen molar-refractivity contribution in [3.05, 3.63) is 65.0 Å². The smallest absolute Gasteiger partial charge is 0.0919 e. The van der Waals surface area contributed by atoms with Gasteiger partial charge in [0.1, 0.15) is 0 Å². The molecule has 0 saturated carbocycles. The summed E-state index contributed by atoms with van der Waals surface area (Å²) in [6, 6.07) is 12.1. The van der Waals surface area contributed by atoms with Crippen LogP contribution in [0.15, 0.2) is 42.6 Å². The summed E-state index contributed by atoms with van der Waals surface area (Å²) < 4.78 is 0. The lowest BCUT2D eigenvalue weighted by Crippen LogP contribution is -2.25. The third-order valence-electron chi connectivity index (χ3n) is 3.43. The minimum Gasteiger partial charge on any atom is -0.387 e. The van der Waals surface area contributed by atoms with Crippen LogP contribution in [0.4, 0.5) is 0 Å². The van der Waals surface area contributed by atoms with Gasteiger partial charge in [0, 0.05) is 19.3 Å². The fourth-order valence-electron chi connectivity index (χ4n) is 2.43. The van der Waals surface area contributed by atoms with E-state index in [-0.39, 0.29) is 0 Å². The topological polar surface area (TPSA) is 36.4 Å². The highest BCUT2D eigenvalue weighted by atomic mass is 16.3. The number of benzene rings is 1. The maximum Gasteiger partial charge on any atom is 0.0919 e. The molecule has 20 heavy (non-hydrogen) atoms. The number of nitrogens with zero attached hydrogens (tertiary/aromatic N) is 2. The van der Waals surface area contributed by atoms with Gasteiger partial charge in [0.15, 0.2) is 0 Å². The van der Waals surface area contributed by atoms with E-state index in [4.69, 9.17) is 0 Å². The molecule has 0 bridgehead atoms. The Morgan fingerprint density at radius 2 is 2.00 bits per heavy atom. The lowest BCUT2D eigenvalue weighted by atomic mass is 10.0. The van der Waals surface area contributed by atoms with Crippen molar-refractivity contribution in [1.82, 2.24) is 9.88 Å². The first-order valence-electron chi connectivity index (χ1n) is 6.90. The Balaban J connectivity index is 1.98. The summed E-state index contributed by atoms with van der Waals surface area (Å²) in [6.07, 6.45) is 1.33. The second-order valence-electron chi connectivity index (χ2n) is 5.39. The van der Waals surface area contributed by atoms with Gasteiger partial charge in [-0.25, -0.2) is 0 Å². The molecule has 1 N–H and O–H groups in total. The fraction of sp³-hybridized carbons (Fsp3) is 0.353. The van der Waals surface area contributed by atoms with Gasteiger partial charge in [-0.05, 0) is 44.2 Å². The molecule has 0 spiro atoms. The van der Waals surface area contributed by atoms with Crippen LogP contribution >= 0.6 is 0 Å². The molecule has 2 aromatic rings. The summed E-state index contributed by atoms with van der Waals surface area (Å²) in [5, 5.41) is 10.4. The zero-order valence-corrected chi connectivity index (χ0v) is 12.4. The maximum atomic E-state index is 10.4. The first-order valence-corrected chi connectivity index (χ1v) is 6.90. The van der Waals surface area contributed by atoms with Crippen LogP contribution in [0.1, 0.15) is 28.5 Å². The number of aliphatic hydroxyl groups is 1. The minimum absolute atomic E-state index is 0.468. The van der Waals surface area contributed by atoms with Crippen molar-refractivity contribution < 1.29 is 5.11 Å². The summed E-state index contributed by atoms with van der Waals surface area (Å²) in [5.41, 5.74) is 4.38. The molecule has 2 rings (SSSR count). The summed E-state index contributed by atoms with van der Waals surface area (Å²) in [6.45, 7) is 5.45. The van der Waals surface area contributed by atoms with E-state index in [2.05, 4.69) is 22.9 Å². The van der Waals surface area contributed by atoms with E-state index >= 15 is 0 Å². The first kappa shape index (κ1) is 14.7. The zero-order valence-electron chi connectivity index (χ0n) is 12.4. The van der Waals surface area contributed by atoms with Crippen LogP contribution in [0.3, 0.4) is 0 Å². The van der Waals surface area contributed by atoms with Gasteiger partial charge in [0.25, 0.3) is 0 Å². The molecular weight excluding hydrogens is 248 g/mol. The van der Waals surface area contributed by atoms with Crippen LogP contribution in [0.5, 0.6) is 0 Å². The molecule has 0 radical (unpaired) electrons. The van der Waals surface area contributed by atoms with E-state index in [1.54, 1.807) is 6.20 Å². The molecule has 1 heterocycles. The van der Waals surface area contributed by atoms with Gasteiger partial charge in [-0.2, -0.15) is 0 Å². The average molecular weight is 270 g/mol. The highest BCUT2D eigenvalue weighted by molar-refractivity contribution is 5.32. The largest absolute Gasteiger partial charge is 0.387 e. The molecule has 1 aromatic heterocycles. The van der Waals surface area contributed by atoms with Gasteiger partial charge in [-0.1, -0.05) is 29.8 Å². The molecule has 0 saturated heterocycles. The van der Waals surface area contributed by atoms with Crippen molar-refractivity contribution in [3.63, 3.8) is 0 Å². The molecule has 0 aliphatic heterocycles. The van der Waals surface area contributed by atoms with Gasteiger partial charge in [-0.3, -0.25) is 9.88 Å². The maximum absolute atomic E-state index is 10.4. The van der Waals surface area contributed by atoms with Gasteiger partial charge in [0.05, 0.1) is 11.8 Å². The lowest BCUT2D eigenvalue weighted by Gasteiger charge is -2.21. The van der Waals surface area contributed by atoms with Crippen LogP contribution in [0, 0.1) is 13.8 Å². The van der Waals surface area contributed by atoms with Gasteiger partial charge < -0.3 is 5.11 Å². The predicted molar refractivity (Wildman–Crippen MR) is 81.4 cm³/mol. The summed E-state index contributed by atoms with van der Waals surface area (Å²) in [7, 11) is 2.00. The molecule has 106 valence electrons. The van der Waals surface area contributed by atoms with Crippen molar-refractivity contribution in [1.29, 1.82) is 0 Å². The van der Waals surface area contributed by atoms with Gasteiger partial charge >= 0.3 is 0 Å². The summed E-state index contributed by atoms with van der Waals surface area (Å²) in [4.78, 5) is 6.39. The number of hydrogen-bond acceptors (Lipinski definition) is 3. The van der Waals surface area contributed by atoms with Crippen molar-refractivity contribution in [2.24, 2.45) is 0 Å². The molecule has 1 aromatic carbocycles. The molecule has 0 amide bonds. The van der Waals surface area contributed by atoms with Crippen LogP contribution in [0.25, 0.3) is 0 Å². The Morgan fingerprint density at radius 1 is 1.20 bits per heavy atom. The Bertz CT molecular complexity index is 554. The number of aryl methyl sites for hydroxylation is 2. The molecule has 0 aliphatic carbocycles. The fourth-order valence-corrected chi connectivity index (χ4v) is 2.43. The Labute approximate surface area is 120 Å². The van der Waals surface area contributed by atoms with Crippen LogP contribution in [-0.2, 0) is 6.54 Å². The van der Waals surface area contributed by atoms with E-state index in [0.29, 0.717) is 6.54 Å². The molecule has 0 fully saturated rings. The first-order chi connectivity index (χ1) is 9.56. The van der Waals surface area contributed by atoms with Crippen molar-refractivity contribution in [2.75, 3.05) is 13.6 Å². The van der Waals surface area contributed by atoms with Crippen LogP contribution < -0.4 is 0 Å². The average Bonchev–Trinajstić information content (AvgIpc) is 2.39. The molecule has 3 nitrogen and oxygen atoms in total. The van der Waals surface area contributed by atoms with E-state index in [0.717, 1.165) is 23.4 Å². The normalized spacial score (nSPS) is 12.7. The Morgan fingerprint density at radius 3 is 2.65 bits per heavy atom. The number of rotatable bonds is 5. The van der Waals surface area contributed by atoms with Crippen molar-refractivity contribution in [3.8, 4) is 0 Å². The van der Waals surface area contributed by atoms with Gasteiger partial charge in [-0.15, -0.1) is 0 Å². The molecule has 1 atom stereocenters. The van der Waals surface area contributed by atoms with E-state index < -0.39 is 6.10 Å². The summed E-state index contributed by atoms with van der Waals surface area (Å²) in [5.74, 6) is 0. The van der Waals surface area contributed by atoms with E-state index in [1.165, 1.54) is 5.56 Å². The Kier molecular flexibility index (Phi) is 4.88. The van der Waals surface area contributed by atoms with E-state index in [1.807, 2.05) is 44.3 Å². The van der Waals surface area contributed by atoms with Crippen LogP contribution in [-0.4, -0.2) is 28.6 Å². The van der Waals surface area contributed by atoms with Crippen molar-refractivity contribution >= 4 is 0 Å². The second kappa shape index (κ2) is 6.64.